The van der Waals surface area contributed by atoms with Crippen molar-refractivity contribution in [2.45, 2.75) is 39.2 Å². The summed E-state index contributed by atoms with van der Waals surface area (Å²) in [5.74, 6) is 1.38. The van der Waals surface area contributed by atoms with E-state index in [1.54, 1.807) is 7.11 Å². The van der Waals surface area contributed by atoms with Gasteiger partial charge in [-0.25, -0.2) is 4.98 Å². The van der Waals surface area contributed by atoms with Crippen molar-refractivity contribution in [2.24, 2.45) is 0 Å². The van der Waals surface area contributed by atoms with Crippen LogP contribution >= 0.6 is 0 Å². The standard InChI is InChI=1S/C16H25N3O2/c1-3-11-21-14-9-7-8-13-15(14)18-16(17)19(13)10-5-4-6-12-20-2/h7-9H,3-6,10-12H2,1-2H3,(H2,17,18). The van der Waals surface area contributed by atoms with Crippen molar-refractivity contribution in [3.05, 3.63) is 18.2 Å². The molecule has 1 aromatic heterocycles. The highest BCUT2D eigenvalue weighted by Crippen LogP contribution is 2.27. The van der Waals surface area contributed by atoms with E-state index in [0.717, 1.165) is 55.6 Å². The van der Waals surface area contributed by atoms with Crippen molar-refractivity contribution < 1.29 is 9.47 Å². The predicted molar refractivity (Wildman–Crippen MR) is 85.7 cm³/mol. The Morgan fingerprint density at radius 1 is 1.19 bits per heavy atom. The maximum atomic E-state index is 6.06. The van der Waals surface area contributed by atoms with Crippen LogP contribution in [0.1, 0.15) is 32.6 Å². The Kier molecular flexibility index (Phi) is 5.87. The molecule has 1 heterocycles. The van der Waals surface area contributed by atoms with Gasteiger partial charge in [0, 0.05) is 20.3 Å². The van der Waals surface area contributed by atoms with E-state index in [0.29, 0.717) is 12.6 Å². The molecular formula is C16H25N3O2. The molecule has 0 aliphatic heterocycles. The molecular weight excluding hydrogens is 266 g/mol. The molecule has 2 N–H and O–H groups in total. The van der Waals surface area contributed by atoms with Gasteiger partial charge in [-0.2, -0.15) is 0 Å². The molecule has 5 heteroatoms. The molecule has 0 spiro atoms. The first-order valence-corrected chi connectivity index (χ1v) is 7.64. The van der Waals surface area contributed by atoms with Gasteiger partial charge in [0.05, 0.1) is 12.1 Å². The number of nitrogens with two attached hydrogens (primary N) is 1. The Morgan fingerprint density at radius 2 is 2.05 bits per heavy atom. The molecule has 0 atom stereocenters. The van der Waals surface area contributed by atoms with Crippen molar-refractivity contribution in [1.29, 1.82) is 0 Å². The molecule has 0 saturated carbocycles. The fraction of sp³-hybridized carbons (Fsp3) is 0.562. The van der Waals surface area contributed by atoms with Gasteiger partial charge in [-0.3, -0.25) is 0 Å². The van der Waals surface area contributed by atoms with Crippen molar-refractivity contribution in [3.63, 3.8) is 0 Å². The summed E-state index contributed by atoms with van der Waals surface area (Å²) in [5, 5.41) is 0. The maximum absolute atomic E-state index is 6.06. The smallest absolute Gasteiger partial charge is 0.201 e. The van der Waals surface area contributed by atoms with Crippen LogP contribution in [0.2, 0.25) is 0 Å². The number of unbranched alkanes of at least 4 members (excludes halogenated alkanes) is 2. The molecule has 2 aromatic rings. The van der Waals surface area contributed by atoms with Gasteiger partial charge >= 0.3 is 0 Å². The van der Waals surface area contributed by atoms with Gasteiger partial charge in [0.25, 0.3) is 0 Å². The summed E-state index contributed by atoms with van der Waals surface area (Å²) >= 11 is 0. The zero-order valence-electron chi connectivity index (χ0n) is 13.0. The van der Waals surface area contributed by atoms with Gasteiger partial charge in [0.15, 0.2) is 0 Å². The molecule has 0 aliphatic rings. The monoisotopic (exact) mass is 291 g/mol. The summed E-state index contributed by atoms with van der Waals surface area (Å²) in [7, 11) is 1.74. The SMILES string of the molecule is CCCOc1cccc2c1nc(N)n2CCCCCOC. The summed E-state index contributed by atoms with van der Waals surface area (Å²) in [6.07, 6.45) is 4.25. The van der Waals surface area contributed by atoms with Crippen LogP contribution in [0.3, 0.4) is 0 Å². The van der Waals surface area contributed by atoms with Crippen LogP contribution in [0.15, 0.2) is 18.2 Å². The lowest BCUT2D eigenvalue weighted by molar-refractivity contribution is 0.191. The average molecular weight is 291 g/mol. The van der Waals surface area contributed by atoms with E-state index in [9.17, 15) is 0 Å². The average Bonchev–Trinajstić information content (AvgIpc) is 2.81. The van der Waals surface area contributed by atoms with E-state index < -0.39 is 0 Å². The topological polar surface area (TPSA) is 62.3 Å². The molecule has 0 unspecified atom stereocenters. The molecule has 0 fully saturated rings. The van der Waals surface area contributed by atoms with Gasteiger partial charge in [-0.15, -0.1) is 0 Å². The van der Waals surface area contributed by atoms with Crippen molar-refractivity contribution >= 4 is 17.0 Å². The van der Waals surface area contributed by atoms with Crippen LogP contribution in [0, 0.1) is 0 Å². The summed E-state index contributed by atoms with van der Waals surface area (Å²) in [6, 6.07) is 6.00. The van der Waals surface area contributed by atoms with Crippen LogP contribution in [0.4, 0.5) is 5.95 Å². The number of aromatic nitrogens is 2. The minimum Gasteiger partial charge on any atom is -0.491 e. The van der Waals surface area contributed by atoms with Crippen LogP contribution in [-0.2, 0) is 11.3 Å². The molecule has 0 aliphatic carbocycles. The third-order valence-corrected chi connectivity index (χ3v) is 3.46. The lowest BCUT2D eigenvalue weighted by Gasteiger charge is -2.07. The number of imidazole rings is 1. The zero-order valence-corrected chi connectivity index (χ0v) is 13.0. The van der Waals surface area contributed by atoms with Crippen LogP contribution in [-0.4, -0.2) is 29.9 Å². The Labute approximate surface area is 126 Å². The van der Waals surface area contributed by atoms with Crippen LogP contribution in [0.25, 0.3) is 11.0 Å². The molecule has 0 saturated heterocycles. The number of aryl methyl sites for hydroxylation is 1. The fourth-order valence-electron chi connectivity index (χ4n) is 2.40. The second-order valence-corrected chi connectivity index (χ2v) is 5.15. The highest BCUT2D eigenvalue weighted by Gasteiger charge is 2.11. The van der Waals surface area contributed by atoms with E-state index in [1.807, 2.05) is 18.2 Å². The number of nitrogen functional groups attached to an aromatic ring is 1. The van der Waals surface area contributed by atoms with Gasteiger partial charge in [-0.1, -0.05) is 13.0 Å². The van der Waals surface area contributed by atoms with Crippen molar-refractivity contribution in [3.8, 4) is 5.75 Å². The van der Waals surface area contributed by atoms with E-state index >= 15 is 0 Å². The predicted octanol–water partition coefficient (Wildman–Crippen LogP) is 3.22. The Bertz CT molecular complexity index is 566. The van der Waals surface area contributed by atoms with Gasteiger partial charge in [-0.05, 0) is 37.8 Å². The quantitative estimate of drug-likeness (QED) is 0.721. The normalized spacial score (nSPS) is 11.1. The molecule has 21 heavy (non-hydrogen) atoms. The summed E-state index contributed by atoms with van der Waals surface area (Å²) in [4.78, 5) is 4.47. The lowest BCUT2D eigenvalue weighted by atomic mass is 10.2. The number of fused-ring (bicyclic) bond motifs is 1. The second kappa shape index (κ2) is 7.88. The third-order valence-electron chi connectivity index (χ3n) is 3.46. The van der Waals surface area contributed by atoms with E-state index in [1.165, 1.54) is 0 Å². The molecule has 0 radical (unpaired) electrons. The number of para-hydroxylation sites is 1. The van der Waals surface area contributed by atoms with Crippen LogP contribution in [0.5, 0.6) is 5.75 Å². The number of benzene rings is 1. The van der Waals surface area contributed by atoms with E-state index in [2.05, 4.69) is 16.5 Å². The molecule has 2 rings (SSSR count). The van der Waals surface area contributed by atoms with Crippen molar-refractivity contribution in [1.82, 2.24) is 9.55 Å². The first-order chi connectivity index (χ1) is 10.3. The molecule has 0 bridgehead atoms. The van der Waals surface area contributed by atoms with E-state index in [-0.39, 0.29) is 0 Å². The summed E-state index contributed by atoms with van der Waals surface area (Å²) in [5.41, 5.74) is 7.97. The molecule has 0 amide bonds. The molecule has 1 aromatic carbocycles. The maximum Gasteiger partial charge on any atom is 0.201 e. The minimum atomic E-state index is 0.560. The fourth-order valence-corrected chi connectivity index (χ4v) is 2.40. The number of anilines is 1. The Hall–Kier alpha value is -1.75. The van der Waals surface area contributed by atoms with E-state index in [4.69, 9.17) is 15.2 Å². The number of hydrogen-bond donors (Lipinski definition) is 1. The Morgan fingerprint density at radius 3 is 2.81 bits per heavy atom. The minimum absolute atomic E-state index is 0.560. The van der Waals surface area contributed by atoms with Crippen LogP contribution < -0.4 is 10.5 Å². The lowest BCUT2D eigenvalue weighted by Crippen LogP contribution is -2.03. The summed E-state index contributed by atoms with van der Waals surface area (Å²) < 4.78 is 12.9. The molecule has 116 valence electrons. The number of methoxy groups -OCH3 is 1. The number of nitrogens with zero attached hydrogens (tertiary/aromatic N) is 2. The summed E-state index contributed by atoms with van der Waals surface area (Å²) in [6.45, 7) is 4.48. The number of rotatable bonds is 9. The number of hydrogen-bond acceptors (Lipinski definition) is 4. The van der Waals surface area contributed by atoms with Gasteiger partial charge in [0.2, 0.25) is 5.95 Å². The third kappa shape index (κ3) is 3.88. The largest absolute Gasteiger partial charge is 0.491 e. The molecule has 5 nitrogen and oxygen atoms in total. The number of ether oxygens (including phenoxy) is 2. The first kappa shape index (κ1) is 15.6. The second-order valence-electron chi connectivity index (χ2n) is 5.15. The van der Waals surface area contributed by atoms with Gasteiger partial charge in [0.1, 0.15) is 11.3 Å². The first-order valence-electron chi connectivity index (χ1n) is 7.64. The Balaban J connectivity index is 2.11. The highest BCUT2D eigenvalue weighted by molar-refractivity contribution is 5.84. The highest BCUT2D eigenvalue weighted by atomic mass is 16.5. The van der Waals surface area contributed by atoms with Gasteiger partial charge < -0.3 is 19.8 Å². The zero-order chi connectivity index (χ0) is 15.1. The van der Waals surface area contributed by atoms with Crippen molar-refractivity contribution in [2.75, 3.05) is 26.1 Å².